The minimum absolute atomic E-state index is 1.19. The van der Waals surface area contributed by atoms with Crippen molar-refractivity contribution in [1.82, 2.24) is 4.98 Å². The first-order valence-corrected chi connectivity index (χ1v) is 3.34. The molecule has 1 aromatic heterocycles. The summed E-state index contributed by atoms with van der Waals surface area (Å²) < 4.78 is 1.19. The van der Waals surface area contributed by atoms with Crippen LogP contribution in [0.25, 0.3) is 0 Å². The smallest absolute Gasteiger partial charge is 0.0771 e. The molecule has 0 bridgehead atoms. The molecule has 46 valence electrons. The van der Waals surface area contributed by atoms with Crippen molar-refractivity contribution in [3.05, 3.63) is 22.0 Å². The van der Waals surface area contributed by atoms with Gasteiger partial charge in [0, 0.05) is 6.20 Å². The van der Waals surface area contributed by atoms with Crippen molar-refractivity contribution in [3.63, 3.8) is 0 Å². The van der Waals surface area contributed by atoms with Gasteiger partial charge in [0.15, 0.2) is 0 Å². The molecule has 0 spiro atoms. The molecule has 0 aliphatic carbocycles. The lowest BCUT2D eigenvalue weighted by Crippen LogP contribution is -1.69. The summed E-state index contributed by atoms with van der Waals surface area (Å²) in [6, 6.07) is 3.99. The number of hydrogen-bond donors (Lipinski definition) is 2. The van der Waals surface area contributed by atoms with E-state index in [4.69, 9.17) is 0 Å². The van der Waals surface area contributed by atoms with Crippen LogP contribution in [0.1, 0.15) is 0 Å². The number of rotatable bonds is 0. The lowest BCUT2D eigenvalue weighted by atomic mass is 10.7. The zero-order valence-corrected chi connectivity index (χ0v) is 6.84. The van der Waals surface area contributed by atoms with Crippen molar-refractivity contribution in [2.75, 3.05) is 7.05 Å². The molecule has 0 saturated heterocycles. The summed E-state index contributed by atoms with van der Waals surface area (Å²) in [6.45, 7) is 0. The highest BCUT2D eigenvalue weighted by molar-refractivity contribution is 14.1. The van der Waals surface area contributed by atoms with E-state index in [1.165, 1.54) is 10.7 Å². The van der Waals surface area contributed by atoms with E-state index in [1.54, 1.807) is 0 Å². The number of H-pyrrole nitrogens is 1. The number of nitrogens with two attached hydrogens (primary N) is 1. The predicted molar refractivity (Wildman–Crippen MR) is 43.6 cm³/mol. The highest BCUT2D eigenvalue weighted by Gasteiger charge is 1.74. The van der Waals surface area contributed by atoms with Gasteiger partial charge >= 0.3 is 0 Å². The van der Waals surface area contributed by atoms with Crippen LogP contribution in [0.3, 0.4) is 0 Å². The second-order valence-electron chi connectivity index (χ2n) is 1.02. The maximum atomic E-state index is 4.50. The summed E-state index contributed by atoms with van der Waals surface area (Å²) in [5.41, 5.74) is 4.50. The second kappa shape index (κ2) is 5.11. The summed E-state index contributed by atoms with van der Waals surface area (Å²) in [7, 11) is 1.50. The number of aromatic nitrogens is 1. The van der Waals surface area contributed by atoms with E-state index >= 15 is 0 Å². The van der Waals surface area contributed by atoms with Crippen LogP contribution in [0.5, 0.6) is 0 Å². The molecule has 1 heterocycles. The maximum Gasteiger partial charge on any atom is 0.0771 e. The molecular weight excluding hydrogens is 215 g/mol. The third-order valence-corrected chi connectivity index (χ3v) is 1.23. The van der Waals surface area contributed by atoms with Crippen LogP contribution in [0.2, 0.25) is 0 Å². The van der Waals surface area contributed by atoms with Gasteiger partial charge in [0.25, 0.3) is 0 Å². The van der Waals surface area contributed by atoms with Gasteiger partial charge in [-0.3, -0.25) is 0 Å². The van der Waals surface area contributed by atoms with Gasteiger partial charge in [-0.25, -0.2) is 0 Å². The maximum absolute atomic E-state index is 4.50. The number of nitrogens with one attached hydrogen (secondary N) is 1. The van der Waals surface area contributed by atoms with Crippen LogP contribution >= 0.6 is 22.6 Å². The monoisotopic (exact) mass is 224 g/mol. The van der Waals surface area contributed by atoms with Crippen molar-refractivity contribution < 1.29 is 0 Å². The predicted octanol–water partition coefficient (Wildman–Crippen LogP) is 1.19. The van der Waals surface area contributed by atoms with Gasteiger partial charge in [0.1, 0.15) is 0 Å². The molecule has 0 saturated carbocycles. The number of hydrogen-bond acceptors (Lipinski definition) is 1. The standard InChI is InChI=1S/C4H4IN.CH5N/c5-4-2-1-3-6-4;1-2/h1-3,6H;2H2,1H3. The van der Waals surface area contributed by atoms with Crippen LogP contribution in [-0.4, -0.2) is 12.0 Å². The summed E-state index contributed by atoms with van der Waals surface area (Å²) in [5.74, 6) is 0. The zero-order chi connectivity index (χ0) is 6.41. The van der Waals surface area contributed by atoms with E-state index in [0.717, 1.165) is 0 Å². The fourth-order valence-electron chi connectivity index (χ4n) is 0.308. The van der Waals surface area contributed by atoms with Crippen LogP contribution in [0.4, 0.5) is 0 Å². The summed E-state index contributed by atoms with van der Waals surface area (Å²) in [5, 5.41) is 0. The van der Waals surface area contributed by atoms with Crippen molar-refractivity contribution in [2.24, 2.45) is 5.73 Å². The lowest BCUT2D eigenvalue weighted by Gasteiger charge is -1.67. The van der Waals surface area contributed by atoms with Gasteiger partial charge in [-0.1, -0.05) is 0 Å². The van der Waals surface area contributed by atoms with Crippen LogP contribution in [-0.2, 0) is 0 Å². The zero-order valence-electron chi connectivity index (χ0n) is 4.69. The molecule has 1 rings (SSSR count). The van der Waals surface area contributed by atoms with Gasteiger partial charge in [-0.2, -0.15) is 0 Å². The molecule has 0 fully saturated rings. The highest BCUT2D eigenvalue weighted by Crippen LogP contribution is 1.95. The first-order valence-electron chi connectivity index (χ1n) is 2.26. The molecule has 0 unspecified atom stereocenters. The number of aromatic amines is 1. The lowest BCUT2D eigenvalue weighted by molar-refractivity contribution is 1.36. The largest absolute Gasteiger partial charge is 0.357 e. The topological polar surface area (TPSA) is 41.8 Å². The molecule has 0 aliphatic rings. The van der Waals surface area contributed by atoms with Crippen molar-refractivity contribution in [1.29, 1.82) is 0 Å². The highest BCUT2D eigenvalue weighted by atomic mass is 127. The molecule has 0 radical (unpaired) electrons. The molecule has 0 aliphatic heterocycles. The summed E-state index contributed by atoms with van der Waals surface area (Å²) in [4.78, 5) is 2.99. The molecule has 2 nitrogen and oxygen atoms in total. The Labute approximate surface area is 62.6 Å². The first kappa shape index (κ1) is 7.97. The van der Waals surface area contributed by atoms with Gasteiger partial charge < -0.3 is 10.7 Å². The Kier molecular flexibility index (Phi) is 5.09. The average Bonchev–Trinajstić information content (AvgIpc) is 2.24. The average molecular weight is 224 g/mol. The van der Waals surface area contributed by atoms with E-state index in [2.05, 4.69) is 33.3 Å². The van der Waals surface area contributed by atoms with Gasteiger partial charge in [0.2, 0.25) is 0 Å². The Hall–Kier alpha value is -0.0300. The SMILES string of the molecule is CN.Ic1ccc[nH]1. The molecule has 8 heavy (non-hydrogen) atoms. The van der Waals surface area contributed by atoms with E-state index < -0.39 is 0 Å². The fraction of sp³-hybridized carbons (Fsp3) is 0.200. The molecule has 0 amide bonds. The van der Waals surface area contributed by atoms with Crippen molar-refractivity contribution in [2.45, 2.75) is 0 Å². The molecular formula is C5H9IN2. The molecule has 3 N–H and O–H groups in total. The summed E-state index contributed by atoms with van der Waals surface area (Å²) in [6.07, 6.45) is 1.90. The normalized spacial score (nSPS) is 7.38. The van der Waals surface area contributed by atoms with Gasteiger partial charge in [-0.15, -0.1) is 0 Å². The molecule has 0 aromatic carbocycles. The fourth-order valence-corrected chi connectivity index (χ4v) is 0.696. The van der Waals surface area contributed by atoms with Gasteiger partial charge in [0.05, 0.1) is 3.70 Å². The van der Waals surface area contributed by atoms with Gasteiger partial charge in [-0.05, 0) is 41.8 Å². The van der Waals surface area contributed by atoms with Crippen molar-refractivity contribution in [3.8, 4) is 0 Å². The molecule has 1 aromatic rings. The van der Waals surface area contributed by atoms with Crippen LogP contribution < -0.4 is 5.73 Å². The van der Waals surface area contributed by atoms with Crippen molar-refractivity contribution >= 4 is 22.6 Å². The Morgan fingerprint density at radius 3 is 2.38 bits per heavy atom. The van der Waals surface area contributed by atoms with E-state index in [9.17, 15) is 0 Å². The minimum Gasteiger partial charge on any atom is -0.357 e. The minimum atomic E-state index is 1.19. The Morgan fingerprint density at radius 2 is 2.25 bits per heavy atom. The third-order valence-electron chi connectivity index (χ3n) is 0.560. The first-order chi connectivity index (χ1) is 3.89. The van der Waals surface area contributed by atoms with E-state index in [1.807, 2.05) is 18.3 Å². The quantitative estimate of drug-likeness (QED) is 0.638. The molecule has 0 atom stereocenters. The van der Waals surface area contributed by atoms with E-state index in [-0.39, 0.29) is 0 Å². The Morgan fingerprint density at radius 1 is 1.62 bits per heavy atom. The summed E-state index contributed by atoms with van der Waals surface area (Å²) >= 11 is 2.22. The third kappa shape index (κ3) is 3.04. The number of halogens is 1. The molecule has 3 heteroatoms. The van der Waals surface area contributed by atoms with E-state index in [0.29, 0.717) is 0 Å². The Bertz CT molecular complexity index is 114. The van der Waals surface area contributed by atoms with Crippen LogP contribution in [0.15, 0.2) is 18.3 Å². The van der Waals surface area contributed by atoms with Crippen LogP contribution in [0, 0.1) is 3.70 Å². The second-order valence-corrected chi connectivity index (χ2v) is 2.18. The Balaban J connectivity index is 0.000000222.